The van der Waals surface area contributed by atoms with Crippen molar-refractivity contribution >= 4 is 5.97 Å². The summed E-state index contributed by atoms with van der Waals surface area (Å²) in [5, 5.41) is 13.4. The van der Waals surface area contributed by atoms with Crippen molar-refractivity contribution in [1.29, 1.82) is 0 Å². The second-order valence-corrected chi connectivity index (χ2v) is 5.12. The third-order valence-corrected chi connectivity index (χ3v) is 3.39. The second-order valence-electron chi connectivity index (χ2n) is 5.12. The summed E-state index contributed by atoms with van der Waals surface area (Å²) in [6.45, 7) is 6.92. The Labute approximate surface area is 119 Å². The lowest BCUT2D eigenvalue weighted by Gasteiger charge is -2.10. The van der Waals surface area contributed by atoms with E-state index >= 15 is 0 Å². The van der Waals surface area contributed by atoms with Crippen LogP contribution in [0, 0.1) is 13.8 Å². The molecule has 4 nitrogen and oxygen atoms in total. The number of carboxylic acid groups (broad SMARTS) is 1. The first-order valence-corrected chi connectivity index (χ1v) is 6.91. The van der Waals surface area contributed by atoms with Gasteiger partial charge in [-0.25, -0.2) is 4.79 Å². The van der Waals surface area contributed by atoms with Crippen molar-refractivity contribution in [2.24, 2.45) is 0 Å². The number of nitrogens with zero attached hydrogens (tertiary/aromatic N) is 2. The van der Waals surface area contributed by atoms with Gasteiger partial charge in [-0.1, -0.05) is 31.0 Å². The topological polar surface area (TPSA) is 55.1 Å². The Morgan fingerprint density at radius 2 is 2.05 bits per heavy atom. The van der Waals surface area contributed by atoms with Gasteiger partial charge >= 0.3 is 5.97 Å². The number of aromatic carboxylic acids is 1. The van der Waals surface area contributed by atoms with Gasteiger partial charge in [-0.05, 0) is 38.0 Å². The summed E-state index contributed by atoms with van der Waals surface area (Å²) in [5.41, 5.74) is 4.34. The molecule has 0 atom stereocenters. The van der Waals surface area contributed by atoms with E-state index in [-0.39, 0.29) is 5.69 Å². The van der Waals surface area contributed by atoms with Crippen molar-refractivity contribution in [1.82, 2.24) is 9.78 Å². The zero-order valence-corrected chi connectivity index (χ0v) is 12.2. The van der Waals surface area contributed by atoms with Crippen LogP contribution in [0.5, 0.6) is 0 Å². The van der Waals surface area contributed by atoms with Crippen molar-refractivity contribution in [2.45, 2.75) is 40.2 Å². The zero-order chi connectivity index (χ0) is 14.7. The van der Waals surface area contributed by atoms with Crippen molar-refractivity contribution in [3.05, 3.63) is 41.1 Å². The molecule has 1 aromatic heterocycles. The molecule has 0 unspecified atom stereocenters. The molecule has 1 N–H and O–H groups in total. The normalized spacial score (nSPS) is 10.8. The van der Waals surface area contributed by atoms with E-state index in [4.69, 9.17) is 5.11 Å². The maximum atomic E-state index is 11.1. The molecule has 0 bridgehead atoms. The van der Waals surface area contributed by atoms with Crippen molar-refractivity contribution in [3.63, 3.8) is 0 Å². The van der Waals surface area contributed by atoms with Gasteiger partial charge in [0.05, 0.1) is 5.69 Å². The fraction of sp³-hybridized carbons (Fsp3) is 0.375. The molecule has 0 aliphatic carbocycles. The first-order chi connectivity index (χ1) is 9.52. The molecule has 0 saturated heterocycles. The molecule has 20 heavy (non-hydrogen) atoms. The molecule has 1 aromatic carbocycles. The van der Waals surface area contributed by atoms with Crippen LogP contribution in [-0.4, -0.2) is 20.9 Å². The van der Waals surface area contributed by atoms with Crippen LogP contribution >= 0.6 is 0 Å². The van der Waals surface area contributed by atoms with Crippen LogP contribution < -0.4 is 0 Å². The van der Waals surface area contributed by atoms with E-state index in [9.17, 15) is 4.79 Å². The SMILES string of the molecule is CCCCn1nc(C(=O)O)cc1-c1cc(C)ccc1C. The number of benzene rings is 1. The van der Waals surface area contributed by atoms with Gasteiger partial charge in [0, 0.05) is 12.1 Å². The van der Waals surface area contributed by atoms with Gasteiger partial charge in [0.15, 0.2) is 5.69 Å². The van der Waals surface area contributed by atoms with E-state index in [1.165, 1.54) is 0 Å². The Morgan fingerprint density at radius 3 is 2.70 bits per heavy atom. The maximum absolute atomic E-state index is 11.1. The molecule has 0 aliphatic heterocycles. The van der Waals surface area contributed by atoms with Crippen LogP contribution in [0.2, 0.25) is 0 Å². The summed E-state index contributed by atoms with van der Waals surface area (Å²) in [5.74, 6) is -0.980. The average molecular weight is 272 g/mol. The minimum Gasteiger partial charge on any atom is -0.476 e. The quantitative estimate of drug-likeness (QED) is 0.903. The van der Waals surface area contributed by atoms with E-state index < -0.39 is 5.97 Å². The zero-order valence-electron chi connectivity index (χ0n) is 12.2. The Kier molecular flexibility index (Phi) is 4.23. The molecule has 0 aliphatic rings. The fourth-order valence-electron chi connectivity index (χ4n) is 2.23. The van der Waals surface area contributed by atoms with Crippen molar-refractivity contribution in [3.8, 4) is 11.3 Å². The molecule has 0 fully saturated rings. The summed E-state index contributed by atoms with van der Waals surface area (Å²) >= 11 is 0. The van der Waals surface area contributed by atoms with Gasteiger partial charge in [0.2, 0.25) is 0 Å². The number of carboxylic acids is 1. The van der Waals surface area contributed by atoms with E-state index in [2.05, 4.69) is 30.2 Å². The van der Waals surface area contributed by atoms with Gasteiger partial charge in [-0.3, -0.25) is 4.68 Å². The number of hydrogen-bond acceptors (Lipinski definition) is 2. The summed E-state index contributed by atoms with van der Waals surface area (Å²) < 4.78 is 1.81. The second kappa shape index (κ2) is 5.90. The molecular weight excluding hydrogens is 252 g/mol. The number of carbonyl (C=O) groups is 1. The molecule has 2 aromatic rings. The first-order valence-electron chi connectivity index (χ1n) is 6.91. The highest BCUT2D eigenvalue weighted by molar-refractivity contribution is 5.87. The number of unbranched alkanes of at least 4 members (excludes halogenated alkanes) is 1. The largest absolute Gasteiger partial charge is 0.476 e. The third kappa shape index (κ3) is 2.90. The lowest BCUT2D eigenvalue weighted by atomic mass is 10.0. The summed E-state index contributed by atoms with van der Waals surface area (Å²) in [7, 11) is 0. The van der Waals surface area contributed by atoms with Gasteiger partial charge in [-0.15, -0.1) is 0 Å². The number of aryl methyl sites for hydroxylation is 3. The Hall–Kier alpha value is -2.10. The monoisotopic (exact) mass is 272 g/mol. The first kappa shape index (κ1) is 14.3. The summed E-state index contributed by atoms with van der Waals surface area (Å²) in [4.78, 5) is 11.1. The van der Waals surface area contributed by atoms with Crippen LogP contribution in [-0.2, 0) is 6.54 Å². The van der Waals surface area contributed by atoms with E-state index in [0.29, 0.717) is 0 Å². The summed E-state index contributed by atoms with van der Waals surface area (Å²) in [6, 6.07) is 7.87. The van der Waals surface area contributed by atoms with Crippen LogP contribution in [0.25, 0.3) is 11.3 Å². The Balaban J connectivity index is 2.52. The molecular formula is C16H20N2O2. The minimum atomic E-state index is -0.980. The van der Waals surface area contributed by atoms with Crippen molar-refractivity contribution < 1.29 is 9.90 Å². The fourth-order valence-corrected chi connectivity index (χ4v) is 2.23. The lowest BCUT2D eigenvalue weighted by molar-refractivity contribution is 0.0689. The average Bonchev–Trinajstić information content (AvgIpc) is 2.83. The Bertz CT molecular complexity index is 629. The maximum Gasteiger partial charge on any atom is 0.356 e. The van der Waals surface area contributed by atoms with Crippen LogP contribution in [0.4, 0.5) is 0 Å². The third-order valence-electron chi connectivity index (χ3n) is 3.39. The van der Waals surface area contributed by atoms with Crippen molar-refractivity contribution in [2.75, 3.05) is 0 Å². The molecule has 1 heterocycles. The van der Waals surface area contributed by atoms with Gasteiger partial charge < -0.3 is 5.11 Å². The molecule has 106 valence electrons. The predicted molar refractivity (Wildman–Crippen MR) is 79.0 cm³/mol. The highest BCUT2D eigenvalue weighted by atomic mass is 16.4. The van der Waals surface area contributed by atoms with Crippen LogP contribution in [0.15, 0.2) is 24.3 Å². The molecule has 2 rings (SSSR count). The van der Waals surface area contributed by atoms with E-state index in [0.717, 1.165) is 41.8 Å². The predicted octanol–water partition coefficient (Wildman–Crippen LogP) is 3.67. The highest BCUT2D eigenvalue weighted by Gasteiger charge is 2.15. The van der Waals surface area contributed by atoms with E-state index in [1.807, 2.05) is 18.5 Å². The molecule has 0 radical (unpaired) electrons. The molecule has 0 saturated carbocycles. The number of rotatable bonds is 5. The summed E-state index contributed by atoms with van der Waals surface area (Å²) in [6.07, 6.45) is 2.03. The van der Waals surface area contributed by atoms with Gasteiger partial charge in [-0.2, -0.15) is 5.10 Å². The number of aromatic nitrogens is 2. The van der Waals surface area contributed by atoms with E-state index in [1.54, 1.807) is 6.07 Å². The molecule has 0 spiro atoms. The van der Waals surface area contributed by atoms with Gasteiger partial charge in [0.25, 0.3) is 0 Å². The highest BCUT2D eigenvalue weighted by Crippen LogP contribution is 2.26. The standard InChI is InChI=1S/C16H20N2O2/c1-4-5-8-18-15(10-14(17-18)16(19)20)13-9-11(2)6-7-12(13)3/h6-7,9-10H,4-5,8H2,1-3H3,(H,19,20). The number of hydrogen-bond donors (Lipinski definition) is 1. The molecule has 4 heteroatoms. The van der Waals surface area contributed by atoms with Gasteiger partial charge in [0.1, 0.15) is 0 Å². The molecule has 0 amide bonds. The minimum absolute atomic E-state index is 0.108. The van der Waals surface area contributed by atoms with Crippen LogP contribution in [0.1, 0.15) is 41.4 Å². The lowest BCUT2D eigenvalue weighted by Crippen LogP contribution is -2.05. The smallest absolute Gasteiger partial charge is 0.356 e. The Morgan fingerprint density at radius 1 is 1.30 bits per heavy atom. The van der Waals surface area contributed by atoms with Crippen LogP contribution in [0.3, 0.4) is 0 Å².